The standard InChI is InChI=1S/C20H18FNO4/c1-12(2)11-26-14-9-7-13(8-10-14)17-18(23)20(25)22(19(17)24)16-6-4-3-5-15(16)21/h3-10,12,23H,11H2,1-2H3. The molecule has 1 aliphatic heterocycles. The van der Waals surface area contributed by atoms with Crippen LogP contribution in [-0.2, 0) is 9.59 Å². The van der Waals surface area contributed by atoms with E-state index in [1.807, 2.05) is 13.8 Å². The molecule has 0 unspecified atom stereocenters. The molecule has 2 amide bonds. The second-order valence-corrected chi connectivity index (χ2v) is 6.35. The number of amides is 2. The summed E-state index contributed by atoms with van der Waals surface area (Å²) in [4.78, 5) is 25.6. The number of imide groups is 1. The van der Waals surface area contributed by atoms with Crippen LogP contribution in [0.15, 0.2) is 54.3 Å². The van der Waals surface area contributed by atoms with Crippen LogP contribution in [0.3, 0.4) is 0 Å². The molecule has 0 saturated carbocycles. The summed E-state index contributed by atoms with van der Waals surface area (Å²) in [6.45, 7) is 4.60. The van der Waals surface area contributed by atoms with Gasteiger partial charge in [0.1, 0.15) is 11.6 Å². The zero-order valence-corrected chi connectivity index (χ0v) is 14.4. The number of benzene rings is 2. The van der Waals surface area contributed by atoms with Gasteiger partial charge in [-0.2, -0.15) is 0 Å². The number of hydrogen-bond acceptors (Lipinski definition) is 4. The highest BCUT2D eigenvalue weighted by atomic mass is 19.1. The van der Waals surface area contributed by atoms with Crippen LogP contribution in [0, 0.1) is 11.7 Å². The Morgan fingerprint density at radius 3 is 2.31 bits per heavy atom. The van der Waals surface area contributed by atoms with E-state index in [0.717, 1.165) is 6.07 Å². The van der Waals surface area contributed by atoms with E-state index in [0.29, 0.717) is 28.7 Å². The van der Waals surface area contributed by atoms with Gasteiger partial charge in [-0.3, -0.25) is 9.59 Å². The topological polar surface area (TPSA) is 66.8 Å². The Labute approximate surface area is 150 Å². The number of carbonyl (C=O) groups is 2. The minimum absolute atomic E-state index is 0.159. The molecule has 0 fully saturated rings. The Kier molecular flexibility index (Phi) is 4.75. The lowest BCUT2D eigenvalue weighted by Gasteiger charge is -2.15. The normalized spacial score (nSPS) is 14.5. The monoisotopic (exact) mass is 355 g/mol. The highest BCUT2D eigenvalue weighted by Crippen LogP contribution is 2.33. The molecule has 1 aliphatic rings. The molecule has 0 saturated heterocycles. The predicted octanol–water partition coefficient (Wildman–Crippen LogP) is 3.70. The smallest absolute Gasteiger partial charge is 0.301 e. The van der Waals surface area contributed by atoms with Gasteiger partial charge in [-0.25, -0.2) is 9.29 Å². The Bertz CT molecular complexity index is 887. The molecule has 1 N–H and O–H groups in total. The van der Waals surface area contributed by atoms with E-state index in [1.54, 1.807) is 24.3 Å². The summed E-state index contributed by atoms with van der Waals surface area (Å²) in [5.74, 6) is -2.16. The van der Waals surface area contributed by atoms with Crippen LogP contribution in [0.25, 0.3) is 5.57 Å². The van der Waals surface area contributed by atoms with Gasteiger partial charge in [0.25, 0.3) is 5.91 Å². The molecular weight excluding hydrogens is 337 g/mol. The molecule has 2 aromatic rings. The Morgan fingerprint density at radius 2 is 1.69 bits per heavy atom. The minimum atomic E-state index is -0.949. The summed E-state index contributed by atoms with van der Waals surface area (Å²) < 4.78 is 19.6. The Balaban J connectivity index is 1.90. The van der Waals surface area contributed by atoms with Crippen molar-refractivity contribution in [2.45, 2.75) is 13.8 Å². The molecule has 0 radical (unpaired) electrons. The lowest BCUT2D eigenvalue weighted by atomic mass is 10.1. The van der Waals surface area contributed by atoms with E-state index in [-0.39, 0.29) is 11.3 Å². The first kappa shape index (κ1) is 17.7. The highest BCUT2D eigenvalue weighted by molar-refractivity contribution is 6.44. The van der Waals surface area contributed by atoms with Crippen molar-refractivity contribution in [3.63, 3.8) is 0 Å². The average molecular weight is 355 g/mol. The fourth-order valence-electron chi connectivity index (χ4n) is 2.61. The van der Waals surface area contributed by atoms with Gasteiger partial charge >= 0.3 is 5.91 Å². The third-order valence-corrected chi connectivity index (χ3v) is 3.88. The van der Waals surface area contributed by atoms with Gasteiger partial charge in [-0.05, 0) is 35.7 Å². The summed E-state index contributed by atoms with van der Waals surface area (Å²) in [5.41, 5.74) is 0.00573. The molecule has 0 spiro atoms. The molecule has 5 nitrogen and oxygen atoms in total. The van der Waals surface area contributed by atoms with E-state index in [9.17, 15) is 19.1 Å². The molecule has 0 bridgehead atoms. The fourth-order valence-corrected chi connectivity index (χ4v) is 2.61. The second kappa shape index (κ2) is 7.00. The SMILES string of the molecule is CC(C)COc1ccc(C2=C(O)C(=O)N(c3ccccc3F)C2=O)cc1. The summed E-state index contributed by atoms with van der Waals surface area (Å²) in [6.07, 6.45) is 0. The van der Waals surface area contributed by atoms with Crippen LogP contribution in [0.1, 0.15) is 19.4 Å². The van der Waals surface area contributed by atoms with Gasteiger partial charge in [0.2, 0.25) is 0 Å². The number of anilines is 1. The van der Waals surface area contributed by atoms with E-state index < -0.39 is 23.4 Å². The number of carbonyl (C=O) groups excluding carboxylic acids is 2. The molecule has 3 rings (SSSR count). The van der Waals surface area contributed by atoms with E-state index in [2.05, 4.69) is 0 Å². The Hall–Kier alpha value is -3.15. The lowest BCUT2D eigenvalue weighted by molar-refractivity contribution is -0.121. The number of rotatable bonds is 5. The number of nitrogens with zero attached hydrogens (tertiary/aromatic N) is 1. The van der Waals surface area contributed by atoms with Crippen molar-refractivity contribution >= 4 is 23.1 Å². The maximum absolute atomic E-state index is 14.0. The van der Waals surface area contributed by atoms with Crippen LogP contribution in [0.5, 0.6) is 5.75 Å². The maximum Gasteiger partial charge on any atom is 0.301 e. The van der Waals surface area contributed by atoms with Gasteiger partial charge in [0, 0.05) is 0 Å². The van der Waals surface area contributed by atoms with Crippen molar-refractivity contribution in [3.05, 3.63) is 65.7 Å². The molecule has 134 valence electrons. The first-order valence-electron chi connectivity index (χ1n) is 8.20. The number of para-hydroxylation sites is 1. The zero-order valence-electron chi connectivity index (χ0n) is 14.4. The molecule has 2 aromatic carbocycles. The first-order valence-corrected chi connectivity index (χ1v) is 8.20. The third-order valence-electron chi connectivity index (χ3n) is 3.88. The second-order valence-electron chi connectivity index (χ2n) is 6.35. The van der Waals surface area contributed by atoms with E-state index >= 15 is 0 Å². The number of aliphatic hydroxyl groups is 1. The van der Waals surface area contributed by atoms with Crippen LogP contribution >= 0.6 is 0 Å². The zero-order chi connectivity index (χ0) is 18.8. The van der Waals surface area contributed by atoms with Gasteiger partial charge in [0.05, 0.1) is 17.9 Å². The first-order chi connectivity index (χ1) is 12.4. The van der Waals surface area contributed by atoms with E-state index in [4.69, 9.17) is 4.74 Å². The van der Waals surface area contributed by atoms with Gasteiger partial charge in [-0.1, -0.05) is 38.1 Å². The van der Waals surface area contributed by atoms with Crippen LogP contribution in [-0.4, -0.2) is 23.5 Å². The predicted molar refractivity (Wildman–Crippen MR) is 95.2 cm³/mol. The molecule has 0 atom stereocenters. The minimum Gasteiger partial charge on any atom is -0.502 e. The molecular formula is C20H18FNO4. The van der Waals surface area contributed by atoms with Gasteiger partial charge < -0.3 is 9.84 Å². The molecule has 26 heavy (non-hydrogen) atoms. The van der Waals surface area contributed by atoms with Gasteiger partial charge in [0.15, 0.2) is 5.76 Å². The number of ether oxygens (including phenoxy) is 1. The highest BCUT2D eigenvalue weighted by Gasteiger charge is 2.41. The van der Waals surface area contributed by atoms with Crippen molar-refractivity contribution in [1.29, 1.82) is 0 Å². The van der Waals surface area contributed by atoms with Crippen molar-refractivity contribution in [3.8, 4) is 5.75 Å². The average Bonchev–Trinajstić information content (AvgIpc) is 2.84. The lowest BCUT2D eigenvalue weighted by Crippen LogP contribution is -2.32. The molecule has 0 aliphatic carbocycles. The van der Waals surface area contributed by atoms with Crippen LogP contribution < -0.4 is 9.64 Å². The molecule has 1 heterocycles. The van der Waals surface area contributed by atoms with Crippen molar-refractivity contribution in [1.82, 2.24) is 0 Å². The van der Waals surface area contributed by atoms with Crippen molar-refractivity contribution in [2.24, 2.45) is 5.92 Å². The van der Waals surface area contributed by atoms with Gasteiger partial charge in [-0.15, -0.1) is 0 Å². The maximum atomic E-state index is 14.0. The fraction of sp³-hybridized carbons (Fsp3) is 0.200. The number of hydrogen-bond donors (Lipinski definition) is 1. The Morgan fingerprint density at radius 1 is 1.04 bits per heavy atom. The summed E-state index contributed by atoms with van der Waals surface area (Å²) in [7, 11) is 0. The van der Waals surface area contributed by atoms with Crippen molar-refractivity contribution < 1.29 is 23.8 Å². The summed E-state index contributed by atoms with van der Waals surface area (Å²) in [5, 5.41) is 10.2. The van der Waals surface area contributed by atoms with Crippen LogP contribution in [0.4, 0.5) is 10.1 Å². The van der Waals surface area contributed by atoms with Crippen molar-refractivity contribution in [2.75, 3.05) is 11.5 Å². The third kappa shape index (κ3) is 3.18. The largest absolute Gasteiger partial charge is 0.502 e. The summed E-state index contributed by atoms with van der Waals surface area (Å²) >= 11 is 0. The molecule has 6 heteroatoms. The summed E-state index contributed by atoms with van der Waals surface area (Å²) in [6, 6.07) is 11.9. The number of aliphatic hydroxyl groups excluding tert-OH is 1. The number of halogens is 1. The van der Waals surface area contributed by atoms with Crippen LogP contribution in [0.2, 0.25) is 0 Å². The molecule has 0 aromatic heterocycles. The quantitative estimate of drug-likeness (QED) is 0.831. The van der Waals surface area contributed by atoms with E-state index in [1.165, 1.54) is 18.2 Å².